The zero-order valence-corrected chi connectivity index (χ0v) is 17.0. The Morgan fingerprint density at radius 3 is 2.77 bits per heavy atom. The number of rotatable bonds is 5. The molecule has 2 atom stereocenters. The SMILES string of the molecule is CCn1nccc1C(=O)NC(C1CCC(F)(F)CC1)C1Nc2cc(C)cc(F)c2N1. The van der Waals surface area contributed by atoms with Gasteiger partial charge >= 0.3 is 0 Å². The van der Waals surface area contributed by atoms with Gasteiger partial charge in [0.2, 0.25) is 5.92 Å². The summed E-state index contributed by atoms with van der Waals surface area (Å²) < 4.78 is 43.5. The average Bonchev–Trinajstić information content (AvgIpc) is 3.33. The summed E-state index contributed by atoms with van der Waals surface area (Å²) >= 11 is 0. The third-order valence-electron chi connectivity index (χ3n) is 6.02. The average molecular weight is 421 g/mol. The lowest BCUT2D eigenvalue weighted by molar-refractivity contribution is -0.0495. The molecule has 1 saturated carbocycles. The number of alkyl halides is 2. The number of carbonyl (C=O) groups is 1. The summed E-state index contributed by atoms with van der Waals surface area (Å²) in [6, 6.07) is 4.38. The number of fused-ring (bicyclic) bond motifs is 1. The number of aryl methyl sites for hydroxylation is 2. The van der Waals surface area contributed by atoms with E-state index in [1.165, 1.54) is 6.07 Å². The summed E-state index contributed by atoms with van der Waals surface area (Å²) in [7, 11) is 0. The highest BCUT2D eigenvalue weighted by Gasteiger charge is 2.42. The third kappa shape index (κ3) is 3.97. The molecular weight excluding hydrogens is 395 g/mol. The molecule has 6 nitrogen and oxygen atoms in total. The highest BCUT2D eigenvalue weighted by Crippen LogP contribution is 2.40. The number of nitrogens with one attached hydrogen (secondary N) is 3. The summed E-state index contributed by atoms with van der Waals surface area (Å²) in [6.45, 7) is 4.21. The molecule has 2 aliphatic rings. The second-order valence-electron chi connectivity index (χ2n) is 8.16. The van der Waals surface area contributed by atoms with Crippen LogP contribution in [0.25, 0.3) is 0 Å². The number of hydrogen-bond acceptors (Lipinski definition) is 4. The Hall–Kier alpha value is -2.71. The predicted octanol–water partition coefficient (Wildman–Crippen LogP) is 4.14. The van der Waals surface area contributed by atoms with Crippen LogP contribution in [0.5, 0.6) is 0 Å². The Labute approximate surface area is 173 Å². The molecule has 1 amide bonds. The second kappa shape index (κ2) is 7.85. The molecule has 3 N–H and O–H groups in total. The summed E-state index contributed by atoms with van der Waals surface area (Å²) in [5, 5.41) is 13.5. The maximum atomic E-state index is 14.4. The monoisotopic (exact) mass is 421 g/mol. The van der Waals surface area contributed by atoms with E-state index < -0.39 is 18.1 Å². The molecular formula is C21H26F3N5O. The second-order valence-corrected chi connectivity index (χ2v) is 8.16. The summed E-state index contributed by atoms with van der Waals surface area (Å²) in [6.07, 6.45) is 1.17. The van der Waals surface area contributed by atoms with Gasteiger partial charge < -0.3 is 16.0 Å². The van der Waals surface area contributed by atoms with E-state index >= 15 is 0 Å². The van der Waals surface area contributed by atoms with E-state index in [2.05, 4.69) is 21.0 Å². The molecule has 1 aromatic heterocycles. The molecule has 0 radical (unpaired) electrons. The lowest BCUT2D eigenvalue weighted by atomic mass is 9.81. The van der Waals surface area contributed by atoms with E-state index in [9.17, 15) is 18.0 Å². The van der Waals surface area contributed by atoms with Gasteiger partial charge in [0.05, 0.1) is 17.4 Å². The third-order valence-corrected chi connectivity index (χ3v) is 6.02. The standard InChI is InChI=1S/C21H26F3N5O/c1-3-29-16(6-9-25-29)20(30)28-17(13-4-7-21(23,24)8-5-13)19-26-15-11-12(2)10-14(22)18(15)27-19/h6,9-11,13,17,19,26-27H,3-5,7-8H2,1-2H3,(H,28,30). The van der Waals surface area contributed by atoms with Gasteiger partial charge in [-0.2, -0.15) is 5.10 Å². The molecule has 0 spiro atoms. The Balaban J connectivity index is 1.58. The molecule has 9 heteroatoms. The van der Waals surface area contributed by atoms with E-state index in [1.807, 2.05) is 13.0 Å². The van der Waals surface area contributed by atoms with Crippen LogP contribution in [0.1, 0.15) is 48.7 Å². The first kappa shape index (κ1) is 20.6. The van der Waals surface area contributed by atoms with Crippen LogP contribution in [0.2, 0.25) is 0 Å². The maximum absolute atomic E-state index is 14.4. The smallest absolute Gasteiger partial charge is 0.269 e. The number of amides is 1. The van der Waals surface area contributed by atoms with Crippen molar-refractivity contribution in [1.29, 1.82) is 0 Å². The minimum Gasteiger partial charge on any atom is -0.362 e. The number of carbonyl (C=O) groups excluding carboxylic acids is 1. The van der Waals surface area contributed by atoms with Crippen molar-refractivity contribution in [2.75, 3.05) is 10.6 Å². The first-order valence-electron chi connectivity index (χ1n) is 10.3. The highest BCUT2D eigenvalue weighted by atomic mass is 19.3. The Kier molecular flexibility index (Phi) is 5.38. The van der Waals surface area contributed by atoms with Crippen molar-refractivity contribution in [3.63, 3.8) is 0 Å². The minimum absolute atomic E-state index is 0.171. The number of benzene rings is 1. The van der Waals surface area contributed by atoms with E-state index in [0.29, 0.717) is 23.6 Å². The van der Waals surface area contributed by atoms with Crippen LogP contribution in [0.4, 0.5) is 24.5 Å². The molecule has 1 aliphatic heterocycles. The molecule has 1 aromatic carbocycles. The molecule has 2 unspecified atom stereocenters. The first-order chi connectivity index (χ1) is 14.3. The van der Waals surface area contributed by atoms with Crippen molar-refractivity contribution >= 4 is 17.3 Å². The fourth-order valence-corrected chi connectivity index (χ4v) is 4.44. The van der Waals surface area contributed by atoms with Crippen molar-refractivity contribution in [2.45, 2.75) is 64.2 Å². The molecule has 162 valence electrons. The zero-order chi connectivity index (χ0) is 21.5. The van der Waals surface area contributed by atoms with Gasteiger partial charge in [0.25, 0.3) is 5.91 Å². The topological polar surface area (TPSA) is 71.0 Å². The molecule has 2 heterocycles. The molecule has 1 fully saturated rings. The van der Waals surface area contributed by atoms with Crippen LogP contribution >= 0.6 is 0 Å². The molecule has 30 heavy (non-hydrogen) atoms. The number of aromatic nitrogens is 2. The van der Waals surface area contributed by atoms with Crippen LogP contribution in [0, 0.1) is 18.7 Å². The van der Waals surface area contributed by atoms with Gasteiger partial charge in [-0.05, 0) is 56.4 Å². The van der Waals surface area contributed by atoms with Gasteiger partial charge in [-0.3, -0.25) is 9.48 Å². The number of halogens is 3. The predicted molar refractivity (Wildman–Crippen MR) is 108 cm³/mol. The molecule has 0 bridgehead atoms. The first-order valence-corrected chi connectivity index (χ1v) is 10.3. The summed E-state index contributed by atoms with van der Waals surface area (Å²) in [5.41, 5.74) is 2.12. The molecule has 0 saturated heterocycles. The minimum atomic E-state index is -2.67. The van der Waals surface area contributed by atoms with Crippen LogP contribution in [-0.2, 0) is 6.54 Å². The van der Waals surface area contributed by atoms with Crippen LogP contribution in [0.3, 0.4) is 0 Å². The fourth-order valence-electron chi connectivity index (χ4n) is 4.44. The lowest BCUT2D eigenvalue weighted by Crippen LogP contribution is -2.54. The van der Waals surface area contributed by atoms with Crippen molar-refractivity contribution in [2.24, 2.45) is 5.92 Å². The maximum Gasteiger partial charge on any atom is 0.269 e. The fraction of sp³-hybridized carbons (Fsp3) is 0.524. The van der Waals surface area contributed by atoms with E-state index in [-0.39, 0.29) is 43.3 Å². The van der Waals surface area contributed by atoms with Crippen molar-refractivity contribution in [3.8, 4) is 0 Å². The van der Waals surface area contributed by atoms with Gasteiger partial charge in [-0.1, -0.05) is 0 Å². The van der Waals surface area contributed by atoms with Gasteiger partial charge in [0.1, 0.15) is 17.7 Å². The largest absolute Gasteiger partial charge is 0.362 e. The number of nitrogens with zero attached hydrogens (tertiary/aromatic N) is 2. The van der Waals surface area contributed by atoms with E-state index in [4.69, 9.17) is 0 Å². The molecule has 2 aromatic rings. The normalized spacial score (nSPS) is 21.4. The van der Waals surface area contributed by atoms with Crippen molar-refractivity contribution in [3.05, 3.63) is 41.5 Å². The van der Waals surface area contributed by atoms with Gasteiger partial charge in [-0.15, -0.1) is 0 Å². The van der Waals surface area contributed by atoms with Crippen LogP contribution in [-0.4, -0.2) is 33.8 Å². The van der Waals surface area contributed by atoms with Gasteiger partial charge in [0, 0.05) is 25.6 Å². The highest BCUT2D eigenvalue weighted by molar-refractivity contribution is 5.93. The zero-order valence-electron chi connectivity index (χ0n) is 17.0. The van der Waals surface area contributed by atoms with E-state index in [0.717, 1.165) is 5.56 Å². The molecule has 1 aliphatic carbocycles. The quantitative estimate of drug-likeness (QED) is 0.679. The van der Waals surface area contributed by atoms with Crippen molar-refractivity contribution < 1.29 is 18.0 Å². The Morgan fingerprint density at radius 1 is 1.33 bits per heavy atom. The Bertz CT molecular complexity index is 935. The van der Waals surface area contributed by atoms with Gasteiger partial charge in [-0.25, -0.2) is 13.2 Å². The lowest BCUT2D eigenvalue weighted by Gasteiger charge is -2.37. The summed E-state index contributed by atoms with van der Waals surface area (Å²) in [4.78, 5) is 13.0. The van der Waals surface area contributed by atoms with Gasteiger partial charge in [0.15, 0.2) is 0 Å². The number of hydrogen-bond donors (Lipinski definition) is 3. The van der Waals surface area contributed by atoms with Crippen LogP contribution < -0.4 is 16.0 Å². The number of anilines is 2. The van der Waals surface area contributed by atoms with Crippen LogP contribution in [0.15, 0.2) is 24.4 Å². The Morgan fingerprint density at radius 2 is 2.07 bits per heavy atom. The van der Waals surface area contributed by atoms with Crippen molar-refractivity contribution in [1.82, 2.24) is 15.1 Å². The summed E-state index contributed by atoms with van der Waals surface area (Å²) in [5.74, 6) is -3.55. The molecule has 4 rings (SSSR count). The van der Waals surface area contributed by atoms with E-state index in [1.54, 1.807) is 23.9 Å².